The normalized spacial score (nSPS) is 16.9. The summed E-state index contributed by atoms with van der Waals surface area (Å²) in [6.07, 6.45) is 4.60. The number of piperidine rings is 1. The largest absolute Gasteiger partial charge is 0.371 e. The van der Waals surface area contributed by atoms with Gasteiger partial charge in [0.15, 0.2) is 0 Å². The number of nitrogens with one attached hydrogen (secondary N) is 1. The van der Waals surface area contributed by atoms with Crippen molar-refractivity contribution < 1.29 is 0 Å². The van der Waals surface area contributed by atoms with E-state index < -0.39 is 0 Å². The number of aryl methyl sites for hydroxylation is 1. The Morgan fingerprint density at radius 3 is 2.65 bits per heavy atom. The van der Waals surface area contributed by atoms with Crippen molar-refractivity contribution in [1.82, 2.24) is 15.2 Å². The van der Waals surface area contributed by atoms with Crippen LogP contribution < -0.4 is 10.2 Å². The highest BCUT2D eigenvalue weighted by Crippen LogP contribution is 2.27. The maximum atomic E-state index is 4.43. The summed E-state index contributed by atoms with van der Waals surface area (Å²) in [5, 5.41) is 3.24. The maximum Gasteiger partial charge on any atom is 0.0445 e. The summed E-state index contributed by atoms with van der Waals surface area (Å²) in [6.45, 7) is 6.51. The number of hydrogen-bond acceptors (Lipinski definition) is 4. The molecule has 2 heterocycles. The average molecular weight is 276 g/mol. The molecule has 1 N–H and O–H groups in total. The number of rotatable bonds is 5. The van der Waals surface area contributed by atoms with Gasteiger partial charge in [0.05, 0.1) is 0 Å². The fourth-order valence-electron chi connectivity index (χ4n) is 3.07. The van der Waals surface area contributed by atoms with Crippen molar-refractivity contribution >= 4 is 5.69 Å². The first kappa shape index (κ1) is 15.3. The smallest absolute Gasteiger partial charge is 0.0445 e. The van der Waals surface area contributed by atoms with Gasteiger partial charge in [-0.2, -0.15) is 0 Å². The molecule has 1 saturated heterocycles. The molecule has 0 aliphatic carbocycles. The van der Waals surface area contributed by atoms with E-state index in [4.69, 9.17) is 0 Å². The third-order valence-corrected chi connectivity index (χ3v) is 4.04. The van der Waals surface area contributed by atoms with E-state index in [1.54, 1.807) is 0 Å². The Hall–Kier alpha value is -1.13. The number of pyridine rings is 1. The molecular formula is C16H28N4. The van der Waals surface area contributed by atoms with Gasteiger partial charge < -0.3 is 15.1 Å². The molecule has 1 aliphatic heterocycles. The van der Waals surface area contributed by atoms with Crippen LogP contribution in [-0.2, 0) is 6.54 Å². The van der Waals surface area contributed by atoms with Crippen molar-refractivity contribution in [3.8, 4) is 0 Å². The van der Waals surface area contributed by atoms with Crippen molar-refractivity contribution in [2.24, 2.45) is 5.92 Å². The number of anilines is 1. The van der Waals surface area contributed by atoms with Gasteiger partial charge in [-0.3, -0.25) is 4.98 Å². The highest BCUT2D eigenvalue weighted by Gasteiger charge is 2.21. The van der Waals surface area contributed by atoms with Crippen LogP contribution in [0.1, 0.15) is 24.1 Å². The summed E-state index contributed by atoms with van der Waals surface area (Å²) in [7, 11) is 6.33. The van der Waals surface area contributed by atoms with Crippen LogP contribution in [0.2, 0.25) is 0 Å². The maximum absolute atomic E-state index is 4.43. The van der Waals surface area contributed by atoms with Crippen molar-refractivity contribution in [3.05, 3.63) is 23.5 Å². The minimum Gasteiger partial charge on any atom is -0.371 e. The van der Waals surface area contributed by atoms with E-state index in [9.17, 15) is 0 Å². The minimum atomic E-state index is 0.844. The van der Waals surface area contributed by atoms with E-state index in [0.29, 0.717) is 0 Å². The van der Waals surface area contributed by atoms with Gasteiger partial charge in [0.2, 0.25) is 0 Å². The minimum absolute atomic E-state index is 0.844. The molecule has 1 aromatic rings. The second-order valence-electron chi connectivity index (χ2n) is 6.18. The summed E-state index contributed by atoms with van der Waals surface area (Å²) in [5.41, 5.74) is 3.79. The first-order chi connectivity index (χ1) is 9.60. The van der Waals surface area contributed by atoms with Gasteiger partial charge >= 0.3 is 0 Å². The molecule has 1 fully saturated rings. The molecule has 4 heteroatoms. The van der Waals surface area contributed by atoms with Gasteiger partial charge in [0.1, 0.15) is 0 Å². The van der Waals surface area contributed by atoms with Gasteiger partial charge in [0.25, 0.3) is 0 Å². The standard InChI is InChI=1S/C16H28N4/c1-13-9-16(15(10-17-2)11-18-13)20-7-5-14(6-8-20)12-19(3)4/h9,11,14,17H,5-8,10,12H2,1-4H3. The summed E-state index contributed by atoms with van der Waals surface area (Å²) in [5.74, 6) is 0.844. The quantitative estimate of drug-likeness (QED) is 0.890. The second-order valence-corrected chi connectivity index (χ2v) is 6.18. The van der Waals surface area contributed by atoms with E-state index in [2.05, 4.69) is 47.2 Å². The molecule has 0 spiro atoms. The predicted octanol–water partition coefficient (Wildman–Crippen LogP) is 1.89. The Bertz CT molecular complexity index is 422. The van der Waals surface area contributed by atoms with Gasteiger partial charge in [-0.1, -0.05) is 0 Å². The summed E-state index contributed by atoms with van der Waals surface area (Å²) < 4.78 is 0. The molecule has 4 nitrogen and oxygen atoms in total. The van der Waals surface area contributed by atoms with Crippen LogP contribution in [0, 0.1) is 12.8 Å². The van der Waals surface area contributed by atoms with E-state index >= 15 is 0 Å². The summed E-state index contributed by atoms with van der Waals surface area (Å²) >= 11 is 0. The van der Waals surface area contributed by atoms with Crippen molar-refractivity contribution in [2.45, 2.75) is 26.3 Å². The Morgan fingerprint density at radius 2 is 2.05 bits per heavy atom. The zero-order valence-corrected chi connectivity index (χ0v) is 13.3. The molecule has 112 valence electrons. The Labute approximate surface area is 123 Å². The molecule has 0 radical (unpaired) electrons. The molecular weight excluding hydrogens is 248 g/mol. The molecule has 0 amide bonds. The average Bonchev–Trinajstić information content (AvgIpc) is 2.41. The van der Waals surface area contributed by atoms with Crippen LogP contribution in [0.4, 0.5) is 5.69 Å². The lowest BCUT2D eigenvalue weighted by Gasteiger charge is -2.35. The topological polar surface area (TPSA) is 31.4 Å². The van der Waals surface area contributed by atoms with Crippen LogP contribution in [0.15, 0.2) is 12.3 Å². The first-order valence-corrected chi connectivity index (χ1v) is 7.60. The molecule has 20 heavy (non-hydrogen) atoms. The molecule has 0 atom stereocenters. The molecule has 0 aromatic carbocycles. The highest BCUT2D eigenvalue weighted by atomic mass is 15.1. The zero-order valence-electron chi connectivity index (χ0n) is 13.3. The molecule has 0 unspecified atom stereocenters. The number of hydrogen-bond donors (Lipinski definition) is 1. The van der Waals surface area contributed by atoms with Crippen LogP contribution >= 0.6 is 0 Å². The SMILES string of the molecule is CNCc1cnc(C)cc1N1CCC(CN(C)C)CC1. The molecule has 1 aromatic heterocycles. The Balaban J connectivity index is 2.04. The molecule has 2 rings (SSSR count). The molecule has 0 bridgehead atoms. The number of nitrogens with zero attached hydrogens (tertiary/aromatic N) is 3. The zero-order chi connectivity index (χ0) is 14.5. The predicted molar refractivity (Wildman–Crippen MR) is 85.2 cm³/mol. The third-order valence-electron chi connectivity index (χ3n) is 4.04. The van der Waals surface area contributed by atoms with Crippen molar-refractivity contribution in [1.29, 1.82) is 0 Å². The van der Waals surface area contributed by atoms with Gasteiger partial charge in [-0.25, -0.2) is 0 Å². The molecule has 1 aliphatic rings. The summed E-state index contributed by atoms with van der Waals surface area (Å²) in [6, 6.07) is 2.24. The Morgan fingerprint density at radius 1 is 1.35 bits per heavy atom. The van der Waals surface area contributed by atoms with Crippen molar-refractivity contribution in [3.63, 3.8) is 0 Å². The third kappa shape index (κ3) is 3.93. The fourth-order valence-corrected chi connectivity index (χ4v) is 3.07. The van der Waals surface area contributed by atoms with Crippen LogP contribution in [0.25, 0.3) is 0 Å². The first-order valence-electron chi connectivity index (χ1n) is 7.60. The fraction of sp³-hybridized carbons (Fsp3) is 0.688. The second kappa shape index (κ2) is 7.04. The Kier molecular flexibility index (Phi) is 5.38. The lowest BCUT2D eigenvalue weighted by Crippen LogP contribution is -2.37. The van der Waals surface area contributed by atoms with Crippen LogP contribution in [0.5, 0.6) is 0 Å². The van der Waals surface area contributed by atoms with Crippen LogP contribution in [0.3, 0.4) is 0 Å². The van der Waals surface area contributed by atoms with E-state index in [1.807, 2.05) is 13.2 Å². The lowest BCUT2D eigenvalue weighted by atomic mass is 9.95. The number of aromatic nitrogens is 1. The van der Waals surface area contributed by atoms with Crippen molar-refractivity contribution in [2.75, 3.05) is 45.7 Å². The highest BCUT2D eigenvalue weighted by molar-refractivity contribution is 5.54. The molecule has 0 saturated carbocycles. The lowest BCUT2D eigenvalue weighted by molar-refractivity contribution is 0.285. The van der Waals surface area contributed by atoms with Gasteiger partial charge in [0, 0.05) is 49.3 Å². The van der Waals surface area contributed by atoms with Crippen LogP contribution in [-0.4, -0.2) is 50.7 Å². The van der Waals surface area contributed by atoms with E-state index in [0.717, 1.165) is 18.2 Å². The van der Waals surface area contributed by atoms with E-state index in [-0.39, 0.29) is 0 Å². The van der Waals surface area contributed by atoms with E-state index in [1.165, 1.54) is 43.7 Å². The monoisotopic (exact) mass is 276 g/mol. The van der Waals surface area contributed by atoms with Gasteiger partial charge in [-0.05, 0) is 52.9 Å². The summed E-state index contributed by atoms with van der Waals surface area (Å²) in [4.78, 5) is 9.28. The van der Waals surface area contributed by atoms with Gasteiger partial charge in [-0.15, -0.1) is 0 Å².